The Hall–Kier alpha value is -1.65. The molecule has 0 aliphatic heterocycles. The van der Waals surface area contributed by atoms with Crippen molar-refractivity contribution in [3.05, 3.63) is 48.0 Å². The Bertz CT molecular complexity index is 430. The fraction of sp³-hybridized carbons (Fsp3) is 0.357. The Morgan fingerprint density at radius 3 is 2.72 bits per heavy atom. The van der Waals surface area contributed by atoms with Gasteiger partial charge in [0.05, 0.1) is 24.9 Å². The van der Waals surface area contributed by atoms with Crippen molar-refractivity contribution in [1.82, 2.24) is 5.32 Å². The highest BCUT2D eigenvalue weighted by molar-refractivity contribution is 5.73. The van der Waals surface area contributed by atoms with Gasteiger partial charge in [0.25, 0.3) is 0 Å². The van der Waals surface area contributed by atoms with E-state index in [1.54, 1.807) is 12.2 Å². The molecule has 96 valence electrons. The summed E-state index contributed by atoms with van der Waals surface area (Å²) in [5, 5.41) is 12.4. The minimum atomic E-state index is -0.685. The Morgan fingerprint density at radius 1 is 1.33 bits per heavy atom. The molecule has 2 N–H and O–H groups in total. The summed E-state index contributed by atoms with van der Waals surface area (Å²) in [6, 6.07) is 9.40. The van der Waals surface area contributed by atoms with Crippen molar-refractivity contribution in [3.63, 3.8) is 0 Å². The van der Waals surface area contributed by atoms with Gasteiger partial charge >= 0.3 is 0 Å². The molecule has 0 unspecified atom stereocenters. The van der Waals surface area contributed by atoms with Crippen LogP contribution in [-0.2, 0) is 16.1 Å². The van der Waals surface area contributed by atoms with Crippen LogP contribution in [0.4, 0.5) is 0 Å². The van der Waals surface area contributed by atoms with Gasteiger partial charge in [-0.2, -0.15) is 0 Å². The van der Waals surface area contributed by atoms with Crippen molar-refractivity contribution < 1.29 is 14.6 Å². The van der Waals surface area contributed by atoms with Crippen molar-refractivity contribution in [2.75, 3.05) is 0 Å². The number of aliphatic hydroxyl groups excluding tert-OH is 1. The smallest absolute Gasteiger partial charge is 0.217 e. The molecule has 0 fully saturated rings. The maximum absolute atomic E-state index is 11.1. The molecule has 1 aromatic carbocycles. The molecular formula is C14H17NO3. The molecule has 0 saturated heterocycles. The summed E-state index contributed by atoms with van der Waals surface area (Å²) in [5.74, 6) is -0.170. The molecule has 1 aliphatic rings. The normalized spacial score (nSPS) is 26.2. The van der Waals surface area contributed by atoms with Gasteiger partial charge in [-0.3, -0.25) is 4.79 Å². The first-order valence-corrected chi connectivity index (χ1v) is 5.96. The monoisotopic (exact) mass is 247 g/mol. The second-order valence-corrected chi connectivity index (χ2v) is 4.36. The third-order valence-corrected chi connectivity index (χ3v) is 2.88. The van der Waals surface area contributed by atoms with Gasteiger partial charge in [-0.25, -0.2) is 0 Å². The van der Waals surface area contributed by atoms with Gasteiger partial charge in [-0.1, -0.05) is 42.5 Å². The Labute approximate surface area is 106 Å². The number of ether oxygens (including phenoxy) is 1. The predicted octanol–water partition coefficient (Wildman–Crippen LogP) is 1.01. The zero-order chi connectivity index (χ0) is 13.0. The molecule has 4 heteroatoms. The number of hydrogen-bond donors (Lipinski definition) is 2. The molecule has 2 rings (SSSR count). The molecule has 0 spiro atoms. The maximum Gasteiger partial charge on any atom is 0.217 e. The highest BCUT2D eigenvalue weighted by Gasteiger charge is 2.31. The van der Waals surface area contributed by atoms with Gasteiger partial charge in [0.2, 0.25) is 5.91 Å². The first kappa shape index (κ1) is 12.8. The second-order valence-electron chi connectivity index (χ2n) is 4.36. The van der Waals surface area contributed by atoms with Crippen LogP contribution in [0.1, 0.15) is 12.5 Å². The van der Waals surface area contributed by atoms with Crippen LogP contribution in [0.15, 0.2) is 42.5 Å². The first-order valence-electron chi connectivity index (χ1n) is 5.96. The number of carbonyl (C=O) groups is 1. The molecule has 0 radical (unpaired) electrons. The van der Waals surface area contributed by atoms with Gasteiger partial charge in [0.1, 0.15) is 0 Å². The molecule has 3 atom stereocenters. The number of carbonyl (C=O) groups excluding carboxylic acids is 1. The van der Waals surface area contributed by atoms with Gasteiger partial charge in [-0.15, -0.1) is 0 Å². The predicted molar refractivity (Wildman–Crippen MR) is 67.8 cm³/mol. The Morgan fingerprint density at radius 2 is 2.06 bits per heavy atom. The van der Waals surface area contributed by atoms with E-state index in [1.807, 2.05) is 30.3 Å². The number of amides is 1. The molecule has 1 aromatic rings. The van der Waals surface area contributed by atoms with E-state index in [9.17, 15) is 9.90 Å². The summed E-state index contributed by atoms with van der Waals surface area (Å²) >= 11 is 0. The summed E-state index contributed by atoms with van der Waals surface area (Å²) in [4.78, 5) is 11.1. The lowest BCUT2D eigenvalue weighted by atomic mass is 10.1. The fourth-order valence-electron chi connectivity index (χ4n) is 1.99. The van der Waals surface area contributed by atoms with Crippen LogP contribution in [-0.4, -0.2) is 29.3 Å². The highest BCUT2D eigenvalue weighted by atomic mass is 16.5. The highest BCUT2D eigenvalue weighted by Crippen LogP contribution is 2.17. The number of benzene rings is 1. The van der Waals surface area contributed by atoms with E-state index in [2.05, 4.69) is 5.32 Å². The Kier molecular flexibility index (Phi) is 4.12. The largest absolute Gasteiger partial charge is 0.387 e. The number of hydrogen-bond acceptors (Lipinski definition) is 3. The lowest BCUT2D eigenvalue weighted by molar-refractivity contribution is -0.121. The van der Waals surface area contributed by atoms with Crippen molar-refractivity contribution in [3.8, 4) is 0 Å². The third kappa shape index (κ3) is 3.18. The summed E-state index contributed by atoms with van der Waals surface area (Å²) in [6.07, 6.45) is 2.46. The summed E-state index contributed by atoms with van der Waals surface area (Å²) in [7, 11) is 0. The lowest BCUT2D eigenvalue weighted by Crippen LogP contribution is -2.46. The van der Waals surface area contributed by atoms with Crippen LogP contribution in [0, 0.1) is 0 Å². The first-order chi connectivity index (χ1) is 8.66. The second kappa shape index (κ2) is 5.80. The van der Waals surface area contributed by atoms with Crippen LogP contribution in [0.25, 0.3) is 0 Å². The molecule has 0 saturated carbocycles. The Balaban J connectivity index is 1.92. The van der Waals surface area contributed by atoms with E-state index in [4.69, 9.17) is 4.74 Å². The van der Waals surface area contributed by atoms with E-state index in [1.165, 1.54) is 6.92 Å². The van der Waals surface area contributed by atoms with Crippen molar-refractivity contribution in [2.24, 2.45) is 0 Å². The fourth-order valence-corrected chi connectivity index (χ4v) is 1.99. The van der Waals surface area contributed by atoms with Crippen molar-refractivity contribution in [2.45, 2.75) is 31.8 Å². The third-order valence-electron chi connectivity index (χ3n) is 2.88. The van der Waals surface area contributed by atoms with E-state index in [0.717, 1.165) is 5.56 Å². The molecule has 18 heavy (non-hydrogen) atoms. The molecule has 4 nitrogen and oxygen atoms in total. The van der Waals surface area contributed by atoms with Gasteiger partial charge in [0, 0.05) is 6.92 Å². The van der Waals surface area contributed by atoms with Crippen molar-refractivity contribution in [1.29, 1.82) is 0 Å². The van der Waals surface area contributed by atoms with Gasteiger partial charge < -0.3 is 15.2 Å². The molecule has 1 amide bonds. The maximum atomic E-state index is 11.1. The lowest BCUT2D eigenvalue weighted by Gasteiger charge is -2.23. The molecule has 1 aliphatic carbocycles. The minimum Gasteiger partial charge on any atom is -0.387 e. The average molecular weight is 247 g/mol. The van der Waals surface area contributed by atoms with Crippen LogP contribution >= 0.6 is 0 Å². The van der Waals surface area contributed by atoms with Crippen molar-refractivity contribution >= 4 is 5.91 Å². The minimum absolute atomic E-state index is 0.170. The summed E-state index contributed by atoms with van der Waals surface area (Å²) in [5.41, 5.74) is 1.06. The number of nitrogens with one attached hydrogen (secondary N) is 1. The van der Waals surface area contributed by atoms with Crippen LogP contribution in [0.5, 0.6) is 0 Å². The van der Waals surface area contributed by atoms with Crippen LogP contribution in [0.3, 0.4) is 0 Å². The standard InChI is InChI=1S/C14H17NO3/c1-10(16)15-14-12(17)7-8-13(14)18-9-11-5-3-2-4-6-11/h2-8,12-14,17H,9H2,1H3,(H,15,16)/t12-,13-,14+/m1/s1. The average Bonchev–Trinajstić information content (AvgIpc) is 2.69. The molecule has 0 aromatic heterocycles. The van der Waals surface area contributed by atoms with E-state index in [0.29, 0.717) is 6.61 Å². The zero-order valence-electron chi connectivity index (χ0n) is 10.2. The topological polar surface area (TPSA) is 58.6 Å². The van der Waals surface area contributed by atoms with E-state index in [-0.39, 0.29) is 12.0 Å². The number of rotatable bonds is 4. The zero-order valence-corrected chi connectivity index (χ0v) is 10.2. The van der Waals surface area contributed by atoms with E-state index < -0.39 is 12.1 Å². The van der Waals surface area contributed by atoms with Gasteiger partial charge in [-0.05, 0) is 5.56 Å². The van der Waals surface area contributed by atoms with E-state index >= 15 is 0 Å². The summed E-state index contributed by atoms with van der Waals surface area (Å²) in [6.45, 7) is 1.89. The molecular weight excluding hydrogens is 230 g/mol. The van der Waals surface area contributed by atoms with Gasteiger partial charge in [0.15, 0.2) is 0 Å². The molecule has 0 heterocycles. The quantitative estimate of drug-likeness (QED) is 0.781. The summed E-state index contributed by atoms with van der Waals surface area (Å²) < 4.78 is 5.71. The SMILES string of the molecule is CC(=O)N[C@H]1[C@H](O)C=C[C@H]1OCc1ccccc1. The number of aliphatic hydroxyl groups is 1. The van der Waals surface area contributed by atoms with Crippen LogP contribution < -0.4 is 5.32 Å². The van der Waals surface area contributed by atoms with Crippen LogP contribution in [0.2, 0.25) is 0 Å². The molecule has 0 bridgehead atoms.